The lowest BCUT2D eigenvalue weighted by Crippen LogP contribution is -2.43. The molecule has 1 N–H and O–H groups in total. The second-order valence-corrected chi connectivity index (χ2v) is 5.14. The summed E-state index contributed by atoms with van der Waals surface area (Å²) in [5.74, 6) is 0.996. The Morgan fingerprint density at radius 1 is 1.05 bits per heavy atom. The first-order valence-electron chi connectivity index (χ1n) is 7.58. The molecule has 1 heterocycles. The summed E-state index contributed by atoms with van der Waals surface area (Å²) in [6.45, 7) is 7.42. The van der Waals surface area contributed by atoms with Crippen LogP contribution in [0.4, 0.5) is 5.69 Å². The zero-order valence-electron chi connectivity index (χ0n) is 12.0. The Morgan fingerprint density at radius 2 is 1.79 bits per heavy atom. The number of rotatable bonds is 7. The van der Waals surface area contributed by atoms with Crippen LogP contribution in [0.3, 0.4) is 0 Å². The number of hydrogen-bond donors (Lipinski definition) is 1. The molecular weight excluding hydrogens is 236 g/mol. The van der Waals surface area contributed by atoms with E-state index in [9.17, 15) is 0 Å². The number of hydrogen-bond acceptors (Lipinski definition) is 3. The molecular formula is C16H26N2O. The Bertz CT molecular complexity index is 344. The molecule has 19 heavy (non-hydrogen) atoms. The molecule has 1 aromatic carbocycles. The molecule has 1 aliphatic heterocycles. The maximum absolute atomic E-state index is 5.76. The van der Waals surface area contributed by atoms with Gasteiger partial charge in [0.25, 0.3) is 0 Å². The van der Waals surface area contributed by atoms with Crippen molar-refractivity contribution >= 4 is 5.69 Å². The van der Waals surface area contributed by atoms with Crippen molar-refractivity contribution in [2.75, 3.05) is 37.7 Å². The van der Waals surface area contributed by atoms with Gasteiger partial charge >= 0.3 is 0 Å². The minimum atomic E-state index is 0.840. The summed E-state index contributed by atoms with van der Waals surface area (Å²) < 4.78 is 5.76. The van der Waals surface area contributed by atoms with Crippen LogP contribution in [-0.2, 0) is 0 Å². The Hall–Kier alpha value is -1.22. The molecule has 0 atom stereocenters. The van der Waals surface area contributed by atoms with Gasteiger partial charge in [-0.15, -0.1) is 0 Å². The molecule has 0 unspecified atom stereocenters. The van der Waals surface area contributed by atoms with Gasteiger partial charge in [-0.05, 0) is 30.7 Å². The number of unbranched alkanes of at least 4 members (excludes halogenated alkanes) is 3. The average Bonchev–Trinajstić information content (AvgIpc) is 2.49. The molecule has 1 aliphatic rings. The number of ether oxygens (including phenoxy) is 1. The number of nitrogens with zero attached hydrogens (tertiary/aromatic N) is 1. The van der Waals surface area contributed by atoms with Crippen LogP contribution in [0, 0.1) is 0 Å². The minimum Gasteiger partial charge on any atom is -0.494 e. The Kier molecular flexibility index (Phi) is 6.02. The standard InChI is InChI=1S/C16H26N2O/c1-2-3-4-5-14-19-16-8-6-15(7-9-16)18-12-10-17-11-13-18/h6-9,17H,2-5,10-14H2,1H3. The molecule has 0 aliphatic carbocycles. The molecule has 0 spiro atoms. The van der Waals surface area contributed by atoms with Crippen LogP contribution < -0.4 is 15.0 Å². The summed E-state index contributed by atoms with van der Waals surface area (Å²) in [6, 6.07) is 8.54. The maximum atomic E-state index is 5.76. The van der Waals surface area contributed by atoms with E-state index in [1.54, 1.807) is 0 Å². The fourth-order valence-electron chi connectivity index (χ4n) is 2.40. The van der Waals surface area contributed by atoms with E-state index >= 15 is 0 Å². The number of piperazine rings is 1. The molecule has 2 rings (SSSR count). The van der Waals surface area contributed by atoms with Gasteiger partial charge < -0.3 is 15.0 Å². The molecule has 1 saturated heterocycles. The average molecular weight is 262 g/mol. The summed E-state index contributed by atoms with van der Waals surface area (Å²) in [5.41, 5.74) is 1.31. The van der Waals surface area contributed by atoms with Crippen molar-refractivity contribution in [2.45, 2.75) is 32.6 Å². The highest BCUT2D eigenvalue weighted by Crippen LogP contribution is 2.20. The van der Waals surface area contributed by atoms with Crippen molar-refractivity contribution < 1.29 is 4.74 Å². The van der Waals surface area contributed by atoms with Crippen molar-refractivity contribution in [3.05, 3.63) is 24.3 Å². The second kappa shape index (κ2) is 8.05. The van der Waals surface area contributed by atoms with Gasteiger partial charge in [0.1, 0.15) is 5.75 Å². The zero-order chi connectivity index (χ0) is 13.3. The first-order chi connectivity index (χ1) is 9.40. The molecule has 0 amide bonds. The highest BCUT2D eigenvalue weighted by atomic mass is 16.5. The van der Waals surface area contributed by atoms with E-state index < -0.39 is 0 Å². The van der Waals surface area contributed by atoms with Gasteiger partial charge in [0.15, 0.2) is 0 Å². The van der Waals surface area contributed by atoms with Crippen LogP contribution in [0.2, 0.25) is 0 Å². The largest absolute Gasteiger partial charge is 0.494 e. The number of nitrogens with one attached hydrogen (secondary N) is 1. The van der Waals surface area contributed by atoms with Crippen LogP contribution in [0.15, 0.2) is 24.3 Å². The van der Waals surface area contributed by atoms with Gasteiger partial charge in [-0.25, -0.2) is 0 Å². The van der Waals surface area contributed by atoms with E-state index in [1.165, 1.54) is 24.9 Å². The van der Waals surface area contributed by atoms with Gasteiger partial charge in [0, 0.05) is 31.9 Å². The van der Waals surface area contributed by atoms with Crippen LogP contribution in [0.5, 0.6) is 5.75 Å². The van der Waals surface area contributed by atoms with E-state index in [2.05, 4.69) is 41.4 Å². The van der Waals surface area contributed by atoms with Gasteiger partial charge in [-0.3, -0.25) is 0 Å². The topological polar surface area (TPSA) is 24.5 Å². The first kappa shape index (κ1) is 14.2. The SMILES string of the molecule is CCCCCCOc1ccc(N2CCNCC2)cc1. The van der Waals surface area contributed by atoms with Gasteiger partial charge in [-0.1, -0.05) is 26.2 Å². The fourth-order valence-corrected chi connectivity index (χ4v) is 2.40. The Balaban J connectivity index is 1.74. The second-order valence-electron chi connectivity index (χ2n) is 5.14. The molecule has 0 aromatic heterocycles. The molecule has 3 nitrogen and oxygen atoms in total. The lowest BCUT2D eigenvalue weighted by atomic mass is 10.2. The summed E-state index contributed by atoms with van der Waals surface area (Å²) in [6.07, 6.45) is 5.02. The zero-order valence-corrected chi connectivity index (χ0v) is 12.0. The lowest BCUT2D eigenvalue weighted by molar-refractivity contribution is 0.305. The number of benzene rings is 1. The van der Waals surface area contributed by atoms with Gasteiger partial charge in [0.05, 0.1) is 6.61 Å². The van der Waals surface area contributed by atoms with Crippen molar-refractivity contribution in [2.24, 2.45) is 0 Å². The molecule has 0 saturated carbocycles. The molecule has 1 fully saturated rings. The van der Waals surface area contributed by atoms with Crippen LogP contribution in [-0.4, -0.2) is 32.8 Å². The van der Waals surface area contributed by atoms with Crippen molar-refractivity contribution in [1.82, 2.24) is 5.32 Å². The third-order valence-corrected chi connectivity index (χ3v) is 3.59. The first-order valence-corrected chi connectivity index (χ1v) is 7.58. The van der Waals surface area contributed by atoms with E-state index in [4.69, 9.17) is 4.74 Å². The molecule has 0 bridgehead atoms. The van der Waals surface area contributed by atoms with E-state index in [1.807, 2.05) is 0 Å². The normalized spacial score (nSPS) is 15.5. The molecule has 3 heteroatoms. The van der Waals surface area contributed by atoms with Gasteiger partial charge in [0.2, 0.25) is 0 Å². The minimum absolute atomic E-state index is 0.840. The summed E-state index contributed by atoms with van der Waals surface area (Å²) in [4.78, 5) is 2.42. The third kappa shape index (κ3) is 4.75. The monoisotopic (exact) mass is 262 g/mol. The highest BCUT2D eigenvalue weighted by Gasteiger charge is 2.09. The van der Waals surface area contributed by atoms with Gasteiger partial charge in [-0.2, -0.15) is 0 Å². The van der Waals surface area contributed by atoms with E-state index in [-0.39, 0.29) is 0 Å². The Morgan fingerprint density at radius 3 is 2.47 bits per heavy atom. The van der Waals surface area contributed by atoms with Crippen molar-refractivity contribution in [3.63, 3.8) is 0 Å². The predicted octanol–water partition coefficient (Wildman–Crippen LogP) is 3.06. The lowest BCUT2D eigenvalue weighted by Gasteiger charge is -2.29. The van der Waals surface area contributed by atoms with Crippen molar-refractivity contribution in [1.29, 1.82) is 0 Å². The van der Waals surface area contributed by atoms with E-state index in [0.717, 1.165) is 45.0 Å². The van der Waals surface area contributed by atoms with E-state index in [0.29, 0.717) is 0 Å². The smallest absolute Gasteiger partial charge is 0.119 e. The summed E-state index contributed by atoms with van der Waals surface area (Å²) in [5, 5.41) is 3.37. The summed E-state index contributed by atoms with van der Waals surface area (Å²) in [7, 11) is 0. The molecule has 106 valence electrons. The number of anilines is 1. The molecule has 0 radical (unpaired) electrons. The van der Waals surface area contributed by atoms with Crippen LogP contribution in [0.1, 0.15) is 32.6 Å². The quantitative estimate of drug-likeness (QED) is 0.764. The fraction of sp³-hybridized carbons (Fsp3) is 0.625. The third-order valence-electron chi connectivity index (χ3n) is 3.59. The van der Waals surface area contributed by atoms with Crippen LogP contribution in [0.25, 0.3) is 0 Å². The Labute approximate surface area is 116 Å². The highest BCUT2D eigenvalue weighted by molar-refractivity contribution is 5.49. The van der Waals surface area contributed by atoms with Crippen LogP contribution >= 0.6 is 0 Å². The molecule has 1 aromatic rings. The predicted molar refractivity (Wildman–Crippen MR) is 81.2 cm³/mol. The van der Waals surface area contributed by atoms with Crippen molar-refractivity contribution in [3.8, 4) is 5.75 Å². The maximum Gasteiger partial charge on any atom is 0.119 e. The summed E-state index contributed by atoms with van der Waals surface area (Å²) >= 11 is 0.